The molecule has 2 rings (SSSR count). The summed E-state index contributed by atoms with van der Waals surface area (Å²) >= 11 is 0. The largest absolute Gasteiger partial charge is 0.378 e. The van der Waals surface area contributed by atoms with Gasteiger partial charge in [0.25, 0.3) is 0 Å². The average Bonchev–Trinajstić information content (AvgIpc) is 2.38. The molecule has 2 fully saturated rings. The summed E-state index contributed by atoms with van der Waals surface area (Å²) in [6.45, 7) is 3.97. The fraction of sp³-hybridized carbons (Fsp3) is 0.923. The van der Waals surface area contributed by atoms with Crippen LogP contribution in [0.3, 0.4) is 0 Å². The van der Waals surface area contributed by atoms with Gasteiger partial charge in [0.15, 0.2) is 0 Å². The molecule has 98 valence electrons. The van der Waals surface area contributed by atoms with E-state index in [1.165, 1.54) is 32.1 Å². The molecule has 17 heavy (non-hydrogen) atoms. The fourth-order valence-electron chi connectivity index (χ4n) is 2.80. The van der Waals surface area contributed by atoms with Crippen molar-refractivity contribution in [2.24, 2.45) is 0 Å². The summed E-state index contributed by atoms with van der Waals surface area (Å²) in [7, 11) is 0. The van der Waals surface area contributed by atoms with Crippen LogP contribution in [-0.2, 0) is 9.53 Å². The summed E-state index contributed by atoms with van der Waals surface area (Å²) in [6, 6.07) is 0.680. The summed E-state index contributed by atoms with van der Waals surface area (Å²) in [5.74, 6) is 0.163. The lowest BCUT2D eigenvalue weighted by atomic mass is 9.94. The van der Waals surface area contributed by atoms with Gasteiger partial charge in [0.2, 0.25) is 5.91 Å². The molecule has 1 aliphatic heterocycles. The predicted molar refractivity (Wildman–Crippen MR) is 66.9 cm³/mol. The number of rotatable bonds is 1. The van der Waals surface area contributed by atoms with E-state index in [1.54, 1.807) is 0 Å². The Bertz CT molecular complexity index is 240. The quantitative estimate of drug-likeness (QED) is 0.748. The topological polar surface area (TPSA) is 41.6 Å². The van der Waals surface area contributed by atoms with Gasteiger partial charge in [-0.25, -0.2) is 0 Å². The lowest BCUT2D eigenvalue weighted by Gasteiger charge is -2.34. The van der Waals surface area contributed by atoms with Gasteiger partial charge in [-0.05, 0) is 12.8 Å². The maximum absolute atomic E-state index is 11.5. The summed E-state index contributed by atoms with van der Waals surface area (Å²) < 4.78 is 5.52. The van der Waals surface area contributed by atoms with Gasteiger partial charge in [-0.3, -0.25) is 9.69 Å². The first-order valence-electron chi connectivity index (χ1n) is 6.95. The van der Waals surface area contributed by atoms with Crippen molar-refractivity contribution >= 4 is 5.91 Å². The zero-order valence-corrected chi connectivity index (χ0v) is 10.6. The van der Waals surface area contributed by atoms with E-state index in [0.717, 1.165) is 19.7 Å². The molecule has 1 aliphatic carbocycles. The van der Waals surface area contributed by atoms with Gasteiger partial charge in [0.05, 0.1) is 13.2 Å². The highest BCUT2D eigenvalue weighted by atomic mass is 16.5. The Kier molecular flexibility index (Phi) is 5.26. The molecule has 0 unspecified atom stereocenters. The van der Waals surface area contributed by atoms with Crippen molar-refractivity contribution in [2.45, 2.75) is 44.6 Å². The van der Waals surface area contributed by atoms with E-state index in [2.05, 4.69) is 10.2 Å². The third-order valence-corrected chi connectivity index (χ3v) is 3.81. The zero-order chi connectivity index (χ0) is 11.9. The molecule has 0 aromatic carbocycles. The summed E-state index contributed by atoms with van der Waals surface area (Å²) in [5.41, 5.74) is 0. The molecule has 4 nitrogen and oxygen atoms in total. The summed E-state index contributed by atoms with van der Waals surface area (Å²) in [5, 5.41) is 2.89. The van der Waals surface area contributed by atoms with E-state index in [1.807, 2.05) is 0 Å². The van der Waals surface area contributed by atoms with Gasteiger partial charge >= 0.3 is 0 Å². The minimum Gasteiger partial charge on any atom is -0.378 e. The van der Waals surface area contributed by atoms with Crippen LogP contribution < -0.4 is 5.32 Å². The maximum atomic E-state index is 11.5. The lowest BCUT2D eigenvalue weighted by molar-refractivity contribution is -0.122. The van der Waals surface area contributed by atoms with E-state index in [9.17, 15) is 4.79 Å². The zero-order valence-electron chi connectivity index (χ0n) is 10.6. The molecule has 1 N–H and O–H groups in total. The van der Waals surface area contributed by atoms with E-state index < -0.39 is 0 Å². The highest BCUT2D eigenvalue weighted by Gasteiger charge is 2.21. The number of nitrogens with zero attached hydrogens (tertiary/aromatic N) is 1. The number of nitrogens with one attached hydrogen (secondary N) is 1. The molecule has 2 aliphatic rings. The van der Waals surface area contributed by atoms with Crippen LogP contribution in [0.4, 0.5) is 0 Å². The normalized spacial score (nSPS) is 26.5. The number of carbonyl (C=O) groups excluding carboxylic acids is 1. The van der Waals surface area contributed by atoms with Crippen LogP contribution in [0.25, 0.3) is 0 Å². The van der Waals surface area contributed by atoms with E-state index in [-0.39, 0.29) is 5.91 Å². The highest BCUT2D eigenvalue weighted by Crippen LogP contribution is 2.22. The molecular formula is C13H24N2O2. The van der Waals surface area contributed by atoms with Gasteiger partial charge in [0, 0.05) is 32.1 Å². The van der Waals surface area contributed by atoms with Crippen LogP contribution in [0.15, 0.2) is 0 Å². The van der Waals surface area contributed by atoms with Crippen LogP contribution in [0, 0.1) is 0 Å². The smallest absolute Gasteiger partial charge is 0.221 e. The Hall–Kier alpha value is -0.610. The lowest BCUT2D eigenvalue weighted by Crippen LogP contribution is -2.42. The van der Waals surface area contributed by atoms with Gasteiger partial charge in [-0.1, -0.05) is 19.3 Å². The second kappa shape index (κ2) is 6.97. The maximum Gasteiger partial charge on any atom is 0.221 e. The molecule has 0 aromatic heterocycles. The highest BCUT2D eigenvalue weighted by molar-refractivity contribution is 5.76. The minimum absolute atomic E-state index is 0.163. The third kappa shape index (κ3) is 4.28. The van der Waals surface area contributed by atoms with Crippen molar-refractivity contribution in [2.75, 3.05) is 32.8 Å². The summed E-state index contributed by atoms with van der Waals surface area (Å²) in [4.78, 5) is 14.0. The van der Waals surface area contributed by atoms with Gasteiger partial charge < -0.3 is 10.1 Å². The molecule has 1 saturated heterocycles. The Morgan fingerprint density at radius 2 is 1.94 bits per heavy atom. The Labute approximate surface area is 104 Å². The molecular weight excluding hydrogens is 216 g/mol. The second-order valence-electron chi connectivity index (χ2n) is 5.04. The van der Waals surface area contributed by atoms with Gasteiger partial charge in [-0.2, -0.15) is 0 Å². The average molecular weight is 240 g/mol. The van der Waals surface area contributed by atoms with Crippen LogP contribution in [-0.4, -0.2) is 49.7 Å². The molecule has 0 radical (unpaired) electrons. The van der Waals surface area contributed by atoms with Crippen molar-refractivity contribution < 1.29 is 9.53 Å². The first kappa shape index (κ1) is 12.8. The molecule has 1 heterocycles. The SMILES string of the molecule is O=C1CCN(C2CCCCC2)CCOCCN1. The van der Waals surface area contributed by atoms with E-state index in [4.69, 9.17) is 4.74 Å². The van der Waals surface area contributed by atoms with E-state index in [0.29, 0.717) is 25.6 Å². The van der Waals surface area contributed by atoms with Crippen LogP contribution in [0.5, 0.6) is 0 Å². The van der Waals surface area contributed by atoms with Crippen LogP contribution in [0.2, 0.25) is 0 Å². The molecule has 0 aromatic rings. The molecule has 0 atom stereocenters. The summed E-state index contributed by atoms with van der Waals surface area (Å²) in [6.07, 6.45) is 7.28. The van der Waals surface area contributed by atoms with E-state index >= 15 is 0 Å². The Morgan fingerprint density at radius 1 is 1.12 bits per heavy atom. The van der Waals surface area contributed by atoms with Crippen molar-refractivity contribution in [3.05, 3.63) is 0 Å². The van der Waals surface area contributed by atoms with Crippen LogP contribution in [0.1, 0.15) is 38.5 Å². The standard InChI is InChI=1S/C13H24N2O2/c16-13-6-8-15(9-11-17-10-7-14-13)12-4-2-1-3-5-12/h12H,1-11H2,(H,14,16). The van der Waals surface area contributed by atoms with Crippen LogP contribution >= 0.6 is 0 Å². The van der Waals surface area contributed by atoms with Crippen molar-refractivity contribution in [3.63, 3.8) is 0 Å². The monoisotopic (exact) mass is 240 g/mol. The first-order chi connectivity index (χ1) is 8.36. The van der Waals surface area contributed by atoms with Crippen molar-refractivity contribution in [3.8, 4) is 0 Å². The first-order valence-corrected chi connectivity index (χ1v) is 6.95. The van der Waals surface area contributed by atoms with Crippen molar-refractivity contribution in [1.82, 2.24) is 10.2 Å². The number of hydrogen-bond donors (Lipinski definition) is 1. The fourth-order valence-corrected chi connectivity index (χ4v) is 2.80. The Morgan fingerprint density at radius 3 is 2.76 bits per heavy atom. The third-order valence-electron chi connectivity index (χ3n) is 3.81. The number of amides is 1. The molecule has 0 bridgehead atoms. The van der Waals surface area contributed by atoms with Crippen molar-refractivity contribution in [1.29, 1.82) is 0 Å². The second-order valence-corrected chi connectivity index (χ2v) is 5.04. The number of carbonyl (C=O) groups is 1. The predicted octanol–water partition coefficient (Wildman–Crippen LogP) is 1.16. The molecule has 1 amide bonds. The Balaban J connectivity index is 1.85. The minimum atomic E-state index is 0.163. The number of ether oxygens (including phenoxy) is 1. The van der Waals surface area contributed by atoms with Gasteiger partial charge in [0.1, 0.15) is 0 Å². The van der Waals surface area contributed by atoms with Gasteiger partial charge in [-0.15, -0.1) is 0 Å². The number of hydrogen-bond acceptors (Lipinski definition) is 3. The molecule has 4 heteroatoms. The molecule has 1 saturated carbocycles. The molecule has 0 spiro atoms.